The number of hydrogen-bond acceptors (Lipinski definition) is 4. The Morgan fingerprint density at radius 2 is 2.17 bits per heavy atom. The molecule has 0 bridgehead atoms. The lowest BCUT2D eigenvalue weighted by Gasteiger charge is -2.17. The van der Waals surface area contributed by atoms with Crippen LogP contribution in [-0.2, 0) is 6.42 Å². The van der Waals surface area contributed by atoms with Gasteiger partial charge in [0, 0.05) is 23.4 Å². The minimum absolute atomic E-state index is 0. The Labute approximate surface area is 143 Å². The molecule has 1 aromatic heterocycles. The highest BCUT2D eigenvalue weighted by molar-refractivity contribution is 7.09. The molecule has 1 atom stereocenters. The van der Waals surface area contributed by atoms with E-state index >= 15 is 0 Å². The first-order valence-corrected chi connectivity index (χ1v) is 7.83. The van der Waals surface area contributed by atoms with Gasteiger partial charge in [-0.3, -0.25) is 4.79 Å². The van der Waals surface area contributed by atoms with Gasteiger partial charge >= 0.3 is 0 Å². The van der Waals surface area contributed by atoms with Crippen LogP contribution in [0.1, 0.15) is 40.4 Å². The van der Waals surface area contributed by atoms with Crippen molar-refractivity contribution in [1.82, 2.24) is 10.3 Å². The van der Waals surface area contributed by atoms with Crippen LogP contribution in [0.25, 0.3) is 0 Å². The van der Waals surface area contributed by atoms with Crippen molar-refractivity contribution in [2.24, 2.45) is 5.73 Å². The van der Waals surface area contributed by atoms with Gasteiger partial charge in [-0.05, 0) is 19.0 Å². The molecular formula is C15H18ClF2N3OS. The second-order valence-corrected chi connectivity index (χ2v) is 5.71. The number of amides is 1. The Balaban J connectivity index is 0.00000264. The average molecular weight is 362 g/mol. The Bertz CT molecular complexity index is 666. The summed E-state index contributed by atoms with van der Waals surface area (Å²) in [4.78, 5) is 16.4. The molecule has 4 nitrogen and oxygen atoms in total. The molecule has 0 saturated heterocycles. The van der Waals surface area contributed by atoms with Crippen LogP contribution in [0.15, 0.2) is 23.6 Å². The minimum atomic E-state index is -0.672. The van der Waals surface area contributed by atoms with Gasteiger partial charge < -0.3 is 11.1 Å². The van der Waals surface area contributed by atoms with Crippen LogP contribution in [0.5, 0.6) is 0 Å². The third-order valence-electron chi connectivity index (χ3n) is 3.19. The molecular weight excluding hydrogens is 344 g/mol. The average Bonchev–Trinajstić information content (AvgIpc) is 2.94. The summed E-state index contributed by atoms with van der Waals surface area (Å²) in [5.74, 6) is -1.70. The summed E-state index contributed by atoms with van der Waals surface area (Å²) in [7, 11) is 0. The third-order valence-corrected chi connectivity index (χ3v) is 4.10. The second-order valence-electron chi connectivity index (χ2n) is 4.77. The molecule has 2 aromatic rings. The van der Waals surface area contributed by atoms with Crippen LogP contribution >= 0.6 is 23.7 Å². The fourth-order valence-corrected chi connectivity index (χ4v) is 2.86. The SMILES string of the molecule is CCC(NC(=O)c1csc(CCN)n1)c1ccc(F)cc1F.Cl. The molecule has 1 amide bonds. The predicted molar refractivity (Wildman–Crippen MR) is 89.0 cm³/mol. The lowest BCUT2D eigenvalue weighted by molar-refractivity contribution is 0.0930. The summed E-state index contributed by atoms with van der Waals surface area (Å²) < 4.78 is 26.8. The first-order valence-electron chi connectivity index (χ1n) is 6.95. The lowest BCUT2D eigenvalue weighted by Crippen LogP contribution is -2.29. The first kappa shape index (κ1) is 19.5. The molecule has 0 spiro atoms. The van der Waals surface area contributed by atoms with Crippen molar-refractivity contribution < 1.29 is 13.6 Å². The monoisotopic (exact) mass is 361 g/mol. The lowest BCUT2D eigenvalue weighted by atomic mass is 10.0. The summed E-state index contributed by atoms with van der Waals surface area (Å²) >= 11 is 1.36. The van der Waals surface area contributed by atoms with Gasteiger partial charge in [0.15, 0.2) is 0 Å². The van der Waals surface area contributed by atoms with E-state index in [1.54, 1.807) is 5.38 Å². The van der Waals surface area contributed by atoms with Crippen LogP contribution in [0.2, 0.25) is 0 Å². The molecule has 1 aromatic carbocycles. The standard InChI is InChI=1S/C15H17F2N3OS.ClH/c1-2-12(10-4-3-9(16)7-11(10)17)20-15(21)13-8-22-14(19-13)5-6-18;/h3-4,7-8,12H,2,5-6,18H2,1H3,(H,20,21);1H. The summed E-state index contributed by atoms with van der Waals surface area (Å²) in [5, 5.41) is 5.16. The summed E-state index contributed by atoms with van der Waals surface area (Å²) in [6.07, 6.45) is 1.09. The summed E-state index contributed by atoms with van der Waals surface area (Å²) in [5.41, 5.74) is 5.99. The van der Waals surface area contributed by atoms with Gasteiger partial charge in [0.05, 0.1) is 11.0 Å². The third kappa shape index (κ3) is 4.95. The van der Waals surface area contributed by atoms with E-state index in [1.807, 2.05) is 6.92 Å². The van der Waals surface area contributed by atoms with Crippen molar-refractivity contribution in [3.63, 3.8) is 0 Å². The number of thiazole rings is 1. The Hall–Kier alpha value is -1.57. The number of rotatable bonds is 6. The normalized spacial score (nSPS) is 11.7. The first-order chi connectivity index (χ1) is 10.5. The van der Waals surface area contributed by atoms with E-state index in [4.69, 9.17) is 5.73 Å². The molecule has 0 aliphatic rings. The van der Waals surface area contributed by atoms with E-state index in [1.165, 1.54) is 23.5 Å². The molecule has 23 heavy (non-hydrogen) atoms. The van der Waals surface area contributed by atoms with E-state index in [-0.39, 0.29) is 29.6 Å². The number of nitrogens with two attached hydrogens (primary N) is 1. The fraction of sp³-hybridized carbons (Fsp3) is 0.333. The van der Waals surface area contributed by atoms with Crippen molar-refractivity contribution in [1.29, 1.82) is 0 Å². The van der Waals surface area contributed by atoms with Crippen molar-refractivity contribution in [3.05, 3.63) is 51.5 Å². The topological polar surface area (TPSA) is 68.0 Å². The number of carbonyl (C=O) groups is 1. The smallest absolute Gasteiger partial charge is 0.271 e. The van der Waals surface area contributed by atoms with Gasteiger partial charge in [-0.1, -0.05) is 13.0 Å². The van der Waals surface area contributed by atoms with Crippen molar-refractivity contribution in [2.75, 3.05) is 6.54 Å². The number of carbonyl (C=O) groups excluding carboxylic acids is 1. The van der Waals surface area contributed by atoms with Crippen LogP contribution in [0.4, 0.5) is 8.78 Å². The van der Waals surface area contributed by atoms with Crippen molar-refractivity contribution >= 4 is 29.7 Å². The van der Waals surface area contributed by atoms with Gasteiger partial charge in [-0.2, -0.15) is 0 Å². The molecule has 1 unspecified atom stereocenters. The summed E-state index contributed by atoms with van der Waals surface area (Å²) in [6.45, 7) is 2.28. The Morgan fingerprint density at radius 3 is 2.78 bits per heavy atom. The number of halogens is 3. The van der Waals surface area contributed by atoms with Gasteiger partial charge in [-0.25, -0.2) is 13.8 Å². The molecule has 126 valence electrons. The molecule has 8 heteroatoms. The van der Waals surface area contributed by atoms with E-state index in [0.29, 0.717) is 19.4 Å². The Kier molecular flexibility index (Phi) is 7.54. The number of nitrogens with one attached hydrogen (secondary N) is 1. The predicted octanol–water partition coefficient (Wildman–Crippen LogP) is 3.23. The number of benzene rings is 1. The molecule has 0 saturated carbocycles. The maximum Gasteiger partial charge on any atom is 0.271 e. The second kappa shape index (κ2) is 8.90. The zero-order chi connectivity index (χ0) is 16.1. The van der Waals surface area contributed by atoms with Crippen LogP contribution < -0.4 is 11.1 Å². The van der Waals surface area contributed by atoms with E-state index in [0.717, 1.165) is 11.1 Å². The molecule has 0 fully saturated rings. The number of aromatic nitrogens is 1. The summed E-state index contributed by atoms with van der Waals surface area (Å²) in [6, 6.07) is 2.80. The quantitative estimate of drug-likeness (QED) is 0.830. The molecule has 1 heterocycles. The highest BCUT2D eigenvalue weighted by atomic mass is 35.5. The Morgan fingerprint density at radius 1 is 1.43 bits per heavy atom. The number of hydrogen-bond donors (Lipinski definition) is 2. The maximum absolute atomic E-state index is 13.8. The highest BCUT2D eigenvalue weighted by Crippen LogP contribution is 2.21. The largest absolute Gasteiger partial charge is 0.344 e. The van der Waals surface area contributed by atoms with Crippen LogP contribution in [-0.4, -0.2) is 17.4 Å². The highest BCUT2D eigenvalue weighted by Gasteiger charge is 2.19. The molecule has 3 N–H and O–H groups in total. The molecule has 0 aliphatic carbocycles. The fourth-order valence-electron chi connectivity index (χ4n) is 2.07. The zero-order valence-corrected chi connectivity index (χ0v) is 14.1. The van der Waals surface area contributed by atoms with Gasteiger partial charge in [-0.15, -0.1) is 23.7 Å². The number of nitrogens with zero attached hydrogens (tertiary/aromatic N) is 1. The van der Waals surface area contributed by atoms with Crippen molar-refractivity contribution in [2.45, 2.75) is 25.8 Å². The van der Waals surface area contributed by atoms with E-state index in [2.05, 4.69) is 10.3 Å². The maximum atomic E-state index is 13.8. The van der Waals surface area contributed by atoms with E-state index < -0.39 is 17.7 Å². The van der Waals surface area contributed by atoms with Gasteiger partial charge in [0.2, 0.25) is 0 Å². The molecule has 2 rings (SSSR count). The van der Waals surface area contributed by atoms with Crippen LogP contribution in [0.3, 0.4) is 0 Å². The molecule has 0 radical (unpaired) electrons. The van der Waals surface area contributed by atoms with Gasteiger partial charge in [0.25, 0.3) is 5.91 Å². The van der Waals surface area contributed by atoms with Crippen molar-refractivity contribution in [3.8, 4) is 0 Å². The van der Waals surface area contributed by atoms with Gasteiger partial charge in [0.1, 0.15) is 17.3 Å². The zero-order valence-electron chi connectivity index (χ0n) is 12.5. The molecule has 0 aliphatic heterocycles. The minimum Gasteiger partial charge on any atom is -0.344 e. The van der Waals surface area contributed by atoms with E-state index in [9.17, 15) is 13.6 Å². The van der Waals surface area contributed by atoms with Crippen LogP contribution in [0, 0.1) is 11.6 Å².